The highest BCUT2D eigenvalue weighted by molar-refractivity contribution is 6.02. The van der Waals surface area contributed by atoms with E-state index in [0.717, 1.165) is 12.1 Å². The van der Waals surface area contributed by atoms with Crippen LogP contribution in [0.3, 0.4) is 0 Å². The zero-order valence-corrected chi connectivity index (χ0v) is 10.4. The fraction of sp³-hybridized carbons (Fsp3) is 0. The normalized spacial score (nSPS) is 10.0. The Kier molecular flexibility index (Phi) is 4.00. The first-order valence-corrected chi connectivity index (χ1v) is 5.55. The summed E-state index contributed by atoms with van der Waals surface area (Å²) in [4.78, 5) is 29.2. The summed E-state index contributed by atoms with van der Waals surface area (Å²) in [5, 5.41) is 12.7. The van der Waals surface area contributed by atoms with Gasteiger partial charge in [0.25, 0.3) is 11.6 Å². The second-order valence-electron chi connectivity index (χ2n) is 3.81. The lowest BCUT2D eigenvalue weighted by molar-refractivity contribution is -0.385. The van der Waals surface area contributed by atoms with Gasteiger partial charge in [-0.1, -0.05) is 0 Å². The van der Waals surface area contributed by atoms with Gasteiger partial charge in [-0.05, 0) is 6.07 Å². The molecule has 0 aliphatic carbocycles. The molecule has 0 saturated heterocycles. The maximum atomic E-state index is 13.6. The Balaban J connectivity index is 2.21. The van der Waals surface area contributed by atoms with Crippen LogP contribution in [0.25, 0.3) is 0 Å². The molecule has 0 atom stereocenters. The Morgan fingerprint density at radius 1 is 1.38 bits per heavy atom. The Morgan fingerprint density at radius 2 is 2.14 bits per heavy atom. The highest BCUT2D eigenvalue weighted by atomic mass is 19.1. The predicted octanol–water partition coefficient (Wildman–Crippen LogP) is 1.06. The van der Waals surface area contributed by atoms with Crippen LogP contribution >= 0.6 is 0 Å². The molecule has 0 bridgehead atoms. The summed E-state index contributed by atoms with van der Waals surface area (Å²) in [7, 11) is 0. The summed E-state index contributed by atoms with van der Waals surface area (Å²) in [6.07, 6.45) is 2.46. The highest BCUT2D eigenvalue weighted by Gasteiger charge is 2.15. The van der Waals surface area contributed by atoms with Gasteiger partial charge >= 0.3 is 0 Å². The van der Waals surface area contributed by atoms with E-state index in [4.69, 9.17) is 5.84 Å². The first-order chi connectivity index (χ1) is 10.0. The zero-order valence-electron chi connectivity index (χ0n) is 10.4. The number of benzene rings is 1. The standard InChI is InChI=1S/C11H9FN6O3/c12-7-3-6(18(20)21)1-2-8(7)16-11(19)9-4-14-5-10(15-9)17-13/h1-5H,13H2,(H,15,17)(H,16,19). The molecule has 0 fully saturated rings. The van der Waals surface area contributed by atoms with Crippen LogP contribution in [0, 0.1) is 15.9 Å². The molecule has 0 radical (unpaired) electrons. The molecule has 0 unspecified atom stereocenters. The molecule has 0 saturated carbocycles. The molecule has 21 heavy (non-hydrogen) atoms. The van der Waals surface area contributed by atoms with Gasteiger partial charge in [-0.2, -0.15) is 0 Å². The number of halogens is 1. The van der Waals surface area contributed by atoms with Crippen molar-refractivity contribution in [1.82, 2.24) is 9.97 Å². The average molecular weight is 292 g/mol. The lowest BCUT2D eigenvalue weighted by Gasteiger charge is -2.06. The third-order valence-corrected chi connectivity index (χ3v) is 2.43. The second kappa shape index (κ2) is 5.88. The van der Waals surface area contributed by atoms with Gasteiger partial charge < -0.3 is 10.7 Å². The van der Waals surface area contributed by atoms with Crippen LogP contribution in [0.1, 0.15) is 10.5 Å². The monoisotopic (exact) mass is 292 g/mol. The van der Waals surface area contributed by atoms with Gasteiger partial charge in [0.05, 0.1) is 29.1 Å². The third kappa shape index (κ3) is 3.25. The van der Waals surface area contributed by atoms with Crippen LogP contribution in [-0.4, -0.2) is 20.8 Å². The van der Waals surface area contributed by atoms with Crippen molar-refractivity contribution >= 4 is 23.1 Å². The van der Waals surface area contributed by atoms with Crippen molar-refractivity contribution in [3.63, 3.8) is 0 Å². The molecule has 1 aromatic heterocycles. The van der Waals surface area contributed by atoms with E-state index in [1.54, 1.807) is 0 Å². The number of aromatic nitrogens is 2. The van der Waals surface area contributed by atoms with Gasteiger partial charge in [-0.25, -0.2) is 15.2 Å². The Bertz CT molecular complexity index is 708. The van der Waals surface area contributed by atoms with Crippen molar-refractivity contribution in [2.24, 2.45) is 5.84 Å². The van der Waals surface area contributed by atoms with Crippen molar-refractivity contribution in [1.29, 1.82) is 0 Å². The molecule has 10 heteroatoms. The van der Waals surface area contributed by atoms with Crippen LogP contribution in [0.15, 0.2) is 30.6 Å². The number of carbonyl (C=O) groups is 1. The highest BCUT2D eigenvalue weighted by Crippen LogP contribution is 2.20. The maximum Gasteiger partial charge on any atom is 0.276 e. The number of nitro groups is 1. The van der Waals surface area contributed by atoms with Crippen molar-refractivity contribution in [3.8, 4) is 0 Å². The van der Waals surface area contributed by atoms with Gasteiger partial charge in [0.1, 0.15) is 5.69 Å². The van der Waals surface area contributed by atoms with E-state index in [1.807, 2.05) is 0 Å². The number of nitro benzene ring substituents is 1. The molecule has 1 amide bonds. The van der Waals surface area contributed by atoms with Crippen LogP contribution in [0.4, 0.5) is 21.6 Å². The first-order valence-electron chi connectivity index (χ1n) is 5.55. The predicted molar refractivity (Wildman–Crippen MR) is 70.8 cm³/mol. The molecule has 2 aromatic rings. The third-order valence-electron chi connectivity index (χ3n) is 2.43. The number of nitrogens with zero attached hydrogens (tertiary/aromatic N) is 3. The summed E-state index contributed by atoms with van der Waals surface area (Å²) in [5.74, 6) is 3.63. The molecule has 2 rings (SSSR count). The molecule has 4 N–H and O–H groups in total. The molecule has 9 nitrogen and oxygen atoms in total. The quantitative estimate of drug-likeness (QED) is 0.435. The number of nitrogens with two attached hydrogens (primary N) is 1. The van der Waals surface area contributed by atoms with Crippen LogP contribution in [0.5, 0.6) is 0 Å². The Morgan fingerprint density at radius 3 is 2.76 bits per heavy atom. The molecule has 0 aliphatic heterocycles. The summed E-state index contributed by atoms with van der Waals surface area (Å²) in [5.41, 5.74) is 1.49. The zero-order chi connectivity index (χ0) is 15.4. The lowest BCUT2D eigenvalue weighted by atomic mass is 10.2. The van der Waals surface area contributed by atoms with E-state index in [9.17, 15) is 19.3 Å². The van der Waals surface area contributed by atoms with E-state index in [0.29, 0.717) is 6.07 Å². The number of hydrogen-bond acceptors (Lipinski definition) is 7. The van der Waals surface area contributed by atoms with E-state index in [1.165, 1.54) is 12.4 Å². The lowest BCUT2D eigenvalue weighted by Crippen LogP contribution is -2.17. The van der Waals surface area contributed by atoms with Gasteiger partial charge in [-0.15, -0.1) is 0 Å². The van der Waals surface area contributed by atoms with Crippen molar-refractivity contribution in [2.45, 2.75) is 0 Å². The minimum Gasteiger partial charge on any atom is -0.318 e. The number of rotatable bonds is 4. The minimum absolute atomic E-state index is 0.0943. The average Bonchev–Trinajstić information content (AvgIpc) is 2.49. The number of hydrogen-bond donors (Lipinski definition) is 3. The van der Waals surface area contributed by atoms with Gasteiger partial charge in [0, 0.05) is 6.07 Å². The topological polar surface area (TPSA) is 136 Å². The number of nitrogens with one attached hydrogen (secondary N) is 2. The SMILES string of the molecule is NNc1cncc(C(=O)Nc2ccc([N+](=O)[O-])cc2F)n1. The number of anilines is 2. The van der Waals surface area contributed by atoms with Crippen molar-refractivity contribution in [3.05, 3.63) is 52.2 Å². The fourth-order valence-corrected chi connectivity index (χ4v) is 1.45. The molecular weight excluding hydrogens is 283 g/mol. The fourth-order valence-electron chi connectivity index (χ4n) is 1.45. The smallest absolute Gasteiger partial charge is 0.276 e. The van der Waals surface area contributed by atoms with Gasteiger partial charge in [0.15, 0.2) is 11.6 Å². The van der Waals surface area contributed by atoms with Crippen LogP contribution in [0.2, 0.25) is 0 Å². The molecular formula is C11H9FN6O3. The number of hydrazine groups is 1. The van der Waals surface area contributed by atoms with Crippen LogP contribution < -0.4 is 16.6 Å². The number of amides is 1. The first kappa shape index (κ1) is 14.3. The maximum absolute atomic E-state index is 13.6. The summed E-state index contributed by atoms with van der Waals surface area (Å²) < 4.78 is 13.6. The second-order valence-corrected chi connectivity index (χ2v) is 3.81. The van der Waals surface area contributed by atoms with E-state index in [2.05, 4.69) is 20.7 Å². The van der Waals surface area contributed by atoms with E-state index in [-0.39, 0.29) is 17.2 Å². The number of nitrogen functional groups attached to an aromatic ring is 1. The molecule has 108 valence electrons. The molecule has 0 aliphatic rings. The summed E-state index contributed by atoms with van der Waals surface area (Å²) in [6.45, 7) is 0. The van der Waals surface area contributed by atoms with E-state index < -0.39 is 22.3 Å². The summed E-state index contributed by atoms with van der Waals surface area (Å²) >= 11 is 0. The minimum atomic E-state index is -0.932. The molecule has 1 heterocycles. The number of non-ortho nitro benzene ring substituents is 1. The molecule has 0 spiro atoms. The Labute approximate surface area is 117 Å². The van der Waals surface area contributed by atoms with Crippen molar-refractivity contribution < 1.29 is 14.1 Å². The van der Waals surface area contributed by atoms with Crippen molar-refractivity contribution in [2.75, 3.05) is 10.7 Å². The van der Waals surface area contributed by atoms with E-state index >= 15 is 0 Å². The van der Waals surface area contributed by atoms with Crippen LogP contribution in [-0.2, 0) is 0 Å². The largest absolute Gasteiger partial charge is 0.318 e. The summed E-state index contributed by atoms with van der Waals surface area (Å²) in [6, 6.07) is 2.87. The molecule has 1 aromatic carbocycles. The Hall–Kier alpha value is -3.14. The van der Waals surface area contributed by atoms with Gasteiger partial charge in [0.2, 0.25) is 0 Å². The number of carbonyl (C=O) groups excluding carboxylic acids is 1. The van der Waals surface area contributed by atoms with Gasteiger partial charge in [-0.3, -0.25) is 19.9 Å².